The van der Waals surface area contributed by atoms with E-state index in [2.05, 4.69) is 10.6 Å². The Bertz CT molecular complexity index is 629. The quantitative estimate of drug-likeness (QED) is 0.889. The Balaban J connectivity index is 1.72. The van der Waals surface area contributed by atoms with E-state index in [1.54, 1.807) is 0 Å². The third kappa shape index (κ3) is 2.60. The first kappa shape index (κ1) is 12.9. The Morgan fingerprint density at radius 1 is 1.30 bits per heavy atom. The van der Waals surface area contributed by atoms with Gasteiger partial charge in [0.15, 0.2) is 0 Å². The lowest BCUT2D eigenvalue weighted by Crippen LogP contribution is -2.32. The fourth-order valence-corrected chi connectivity index (χ4v) is 2.53. The van der Waals surface area contributed by atoms with Gasteiger partial charge in [0.25, 0.3) is 0 Å². The number of benzene rings is 2. The molecule has 0 bridgehead atoms. The molecule has 102 valence electrons. The second-order valence-corrected chi connectivity index (χ2v) is 5.14. The predicted octanol–water partition coefficient (Wildman–Crippen LogP) is 3.45. The standard InChI is InChI=1S/C15H12ClFN2O/c16-10-6-11(17)8-12(7-10)18-15(20)14-5-9-3-1-2-4-13(9)19-14/h1-4,6-8,14,19H,5H2,(H,18,20)/t14-/m0/s1. The van der Waals surface area contributed by atoms with Crippen molar-refractivity contribution in [1.82, 2.24) is 0 Å². The van der Waals surface area contributed by atoms with E-state index in [1.807, 2.05) is 24.3 Å². The minimum absolute atomic E-state index is 0.206. The number of hydrogen-bond acceptors (Lipinski definition) is 2. The van der Waals surface area contributed by atoms with Gasteiger partial charge in [-0.05, 0) is 29.8 Å². The lowest BCUT2D eigenvalue weighted by Gasteiger charge is -2.12. The van der Waals surface area contributed by atoms with Gasteiger partial charge < -0.3 is 10.6 Å². The third-order valence-corrected chi connectivity index (χ3v) is 3.44. The lowest BCUT2D eigenvalue weighted by atomic mass is 10.1. The fourth-order valence-electron chi connectivity index (χ4n) is 2.31. The topological polar surface area (TPSA) is 41.1 Å². The largest absolute Gasteiger partial charge is 0.373 e. The van der Waals surface area contributed by atoms with Crippen molar-refractivity contribution in [1.29, 1.82) is 0 Å². The molecule has 2 N–H and O–H groups in total. The van der Waals surface area contributed by atoms with Crippen LogP contribution in [0.1, 0.15) is 5.56 Å². The molecule has 2 aromatic carbocycles. The van der Waals surface area contributed by atoms with E-state index in [-0.39, 0.29) is 17.0 Å². The number of rotatable bonds is 2. The molecule has 0 fully saturated rings. The van der Waals surface area contributed by atoms with Gasteiger partial charge in [-0.15, -0.1) is 0 Å². The first-order chi connectivity index (χ1) is 9.61. The monoisotopic (exact) mass is 290 g/mol. The Hall–Kier alpha value is -2.07. The molecule has 0 saturated heterocycles. The van der Waals surface area contributed by atoms with E-state index in [0.29, 0.717) is 12.1 Å². The lowest BCUT2D eigenvalue weighted by molar-refractivity contribution is -0.116. The van der Waals surface area contributed by atoms with Gasteiger partial charge in [0.1, 0.15) is 11.9 Å². The molecule has 1 aliphatic rings. The van der Waals surface area contributed by atoms with Crippen LogP contribution in [-0.2, 0) is 11.2 Å². The molecule has 1 heterocycles. The van der Waals surface area contributed by atoms with Crippen LogP contribution in [-0.4, -0.2) is 11.9 Å². The maximum atomic E-state index is 13.2. The van der Waals surface area contributed by atoms with Gasteiger partial charge in [-0.2, -0.15) is 0 Å². The van der Waals surface area contributed by atoms with Crippen LogP contribution in [0.3, 0.4) is 0 Å². The Labute approximate surface area is 120 Å². The van der Waals surface area contributed by atoms with E-state index in [9.17, 15) is 9.18 Å². The number of nitrogens with one attached hydrogen (secondary N) is 2. The van der Waals surface area contributed by atoms with Crippen LogP contribution < -0.4 is 10.6 Å². The maximum absolute atomic E-state index is 13.2. The highest BCUT2D eigenvalue weighted by atomic mass is 35.5. The summed E-state index contributed by atoms with van der Waals surface area (Å²) in [5.41, 5.74) is 2.42. The Kier molecular flexibility index (Phi) is 3.32. The molecule has 0 unspecified atom stereocenters. The molecule has 0 aromatic heterocycles. The molecular weight excluding hydrogens is 279 g/mol. The van der Waals surface area contributed by atoms with Crippen molar-refractivity contribution in [2.24, 2.45) is 0 Å². The molecule has 1 atom stereocenters. The van der Waals surface area contributed by atoms with E-state index in [0.717, 1.165) is 11.3 Å². The average Bonchev–Trinajstić information content (AvgIpc) is 2.81. The van der Waals surface area contributed by atoms with Gasteiger partial charge in [0, 0.05) is 22.8 Å². The van der Waals surface area contributed by atoms with Gasteiger partial charge in [0.2, 0.25) is 5.91 Å². The number of carbonyl (C=O) groups is 1. The van der Waals surface area contributed by atoms with Crippen LogP contribution in [0, 0.1) is 5.82 Å². The van der Waals surface area contributed by atoms with Gasteiger partial charge in [0.05, 0.1) is 0 Å². The van der Waals surface area contributed by atoms with Crippen molar-refractivity contribution in [2.45, 2.75) is 12.5 Å². The highest BCUT2D eigenvalue weighted by molar-refractivity contribution is 6.30. The van der Waals surface area contributed by atoms with Crippen molar-refractivity contribution in [2.75, 3.05) is 10.6 Å². The normalized spacial score (nSPS) is 16.4. The summed E-state index contributed by atoms with van der Waals surface area (Å²) in [5.74, 6) is -0.682. The van der Waals surface area contributed by atoms with Crippen LogP contribution >= 0.6 is 11.6 Å². The molecule has 3 rings (SSSR count). The second-order valence-electron chi connectivity index (χ2n) is 4.71. The van der Waals surface area contributed by atoms with E-state index < -0.39 is 5.82 Å². The zero-order valence-electron chi connectivity index (χ0n) is 10.5. The predicted molar refractivity (Wildman–Crippen MR) is 77.6 cm³/mol. The maximum Gasteiger partial charge on any atom is 0.247 e. The number of fused-ring (bicyclic) bond motifs is 1. The summed E-state index contributed by atoms with van der Waals surface area (Å²) in [6.07, 6.45) is 0.616. The summed E-state index contributed by atoms with van der Waals surface area (Å²) in [5, 5.41) is 6.07. The van der Waals surface area contributed by atoms with Crippen LogP contribution in [0.2, 0.25) is 5.02 Å². The van der Waals surface area contributed by atoms with Crippen LogP contribution in [0.5, 0.6) is 0 Å². The Morgan fingerprint density at radius 3 is 2.85 bits per heavy atom. The molecule has 20 heavy (non-hydrogen) atoms. The third-order valence-electron chi connectivity index (χ3n) is 3.22. The molecule has 1 amide bonds. The molecule has 3 nitrogen and oxygen atoms in total. The summed E-state index contributed by atoms with van der Waals surface area (Å²) in [6.45, 7) is 0. The van der Waals surface area contributed by atoms with Crippen LogP contribution in [0.25, 0.3) is 0 Å². The summed E-state index contributed by atoms with van der Waals surface area (Å²) in [7, 11) is 0. The van der Waals surface area contributed by atoms with Gasteiger partial charge in [-0.3, -0.25) is 4.79 Å². The summed E-state index contributed by atoms with van der Waals surface area (Å²) in [6, 6.07) is 11.4. The van der Waals surface area contributed by atoms with Crippen molar-refractivity contribution < 1.29 is 9.18 Å². The van der Waals surface area contributed by atoms with Gasteiger partial charge in [-0.25, -0.2) is 4.39 Å². The van der Waals surface area contributed by atoms with Crippen molar-refractivity contribution in [3.05, 3.63) is 58.9 Å². The summed E-state index contributed by atoms with van der Waals surface area (Å²) in [4.78, 5) is 12.2. The highest BCUT2D eigenvalue weighted by Crippen LogP contribution is 2.26. The number of para-hydroxylation sites is 1. The fraction of sp³-hybridized carbons (Fsp3) is 0.133. The van der Waals surface area contributed by atoms with E-state index >= 15 is 0 Å². The molecule has 0 saturated carbocycles. The zero-order chi connectivity index (χ0) is 14.1. The molecule has 0 spiro atoms. The molecular formula is C15H12ClFN2O. The van der Waals surface area contributed by atoms with E-state index in [4.69, 9.17) is 11.6 Å². The highest BCUT2D eigenvalue weighted by Gasteiger charge is 2.26. The van der Waals surface area contributed by atoms with Crippen LogP contribution in [0.15, 0.2) is 42.5 Å². The molecule has 5 heteroatoms. The first-order valence-corrected chi connectivity index (χ1v) is 6.61. The van der Waals surface area contributed by atoms with Gasteiger partial charge in [-0.1, -0.05) is 29.8 Å². The number of halogens is 2. The summed E-state index contributed by atoms with van der Waals surface area (Å²) < 4.78 is 13.2. The first-order valence-electron chi connectivity index (χ1n) is 6.23. The van der Waals surface area contributed by atoms with Crippen molar-refractivity contribution in [3.63, 3.8) is 0 Å². The van der Waals surface area contributed by atoms with Crippen LogP contribution in [0.4, 0.5) is 15.8 Å². The average molecular weight is 291 g/mol. The molecule has 1 aliphatic heterocycles. The molecule has 2 aromatic rings. The van der Waals surface area contributed by atoms with Crippen molar-refractivity contribution in [3.8, 4) is 0 Å². The SMILES string of the molecule is O=C(Nc1cc(F)cc(Cl)c1)[C@@H]1Cc2ccccc2N1. The molecule has 0 aliphatic carbocycles. The van der Waals surface area contributed by atoms with E-state index in [1.165, 1.54) is 18.2 Å². The van der Waals surface area contributed by atoms with Crippen molar-refractivity contribution >= 4 is 28.9 Å². The minimum atomic E-state index is -0.476. The second kappa shape index (κ2) is 5.13. The number of hydrogen-bond donors (Lipinski definition) is 2. The minimum Gasteiger partial charge on any atom is -0.373 e. The number of amides is 1. The summed E-state index contributed by atoms with van der Waals surface area (Å²) >= 11 is 5.76. The zero-order valence-corrected chi connectivity index (χ0v) is 11.2. The Morgan fingerprint density at radius 2 is 2.10 bits per heavy atom. The van der Waals surface area contributed by atoms with Gasteiger partial charge >= 0.3 is 0 Å². The smallest absolute Gasteiger partial charge is 0.247 e. The number of carbonyl (C=O) groups excluding carboxylic acids is 1. The molecule has 0 radical (unpaired) electrons. The number of anilines is 2.